The van der Waals surface area contributed by atoms with Gasteiger partial charge in [-0.3, -0.25) is 0 Å². The summed E-state index contributed by atoms with van der Waals surface area (Å²) in [7, 11) is 0. The molecule has 0 unspecified atom stereocenters. The van der Waals surface area contributed by atoms with Crippen molar-refractivity contribution in [2.75, 3.05) is 13.2 Å². The zero-order valence-corrected chi connectivity index (χ0v) is 30.0. The van der Waals surface area contributed by atoms with E-state index in [0.29, 0.717) is 5.82 Å². The van der Waals surface area contributed by atoms with Gasteiger partial charge in [-0.2, -0.15) is 4.98 Å². The number of carbonyl (C=O) groups is 2. The van der Waals surface area contributed by atoms with E-state index in [1.54, 1.807) is 20.8 Å². The summed E-state index contributed by atoms with van der Waals surface area (Å²) < 4.78 is 16.9. The molecule has 5 rings (SSSR count). The molecule has 0 radical (unpaired) electrons. The summed E-state index contributed by atoms with van der Waals surface area (Å²) in [6, 6.07) is 23.9. The van der Waals surface area contributed by atoms with Crippen LogP contribution in [0.5, 0.6) is 0 Å². The summed E-state index contributed by atoms with van der Waals surface area (Å²) in [6.45, 7) is 8.03. The van der Waals surface area contributed by atoms with E-state index in [9.17, 15) is 9.59 Å². The monoisotopic (exact) mass is 680 g/mol. The smallest absolute Gasteiger partial charge is 0.407 e. The Hall–Kier alpha value is -4.66. The highest BCUT2D eigenvalue weighted by atomic mass is 16.6. The zero-order chi connectivity index (χ0) is 35.3. The van der Waals surface area contributed by atoms with Crippen LogP contribution in [0.2, 0.25) is 0 Å². The highest BCUT2D eigenvalue weighted by Gasteiger charge is 2.30. The van der Waals surface area contributed by atoms with Crippen LogP contribution < -0.4 is 10.6 Å². The summed E-state index contributed by atoms with van der Waals surface area (Å²) >= 11 is 0. The molecule has 2 N–H and O–H groups in total. The van der Waals surface area contributed by atoms with E-state index in [4.69, 9.17) is 14.0 Å². The molecule has 0 saturated carbocycles. The molecule has 2 amide bonds. The van der Waals surface area contributed by atoms with Crippen LogP contribution in [0.3, 0.4) is 0 Å². The quantitative estimate of drug-likeness (QED) is 0.107. The van der Waals surface area contributed by atoms with Crippen LogP contribution in [0.4, 0.5) is 9.59 Å². The van der Waals surface area contributed by atoms with Gasteiger partial charge in [0, 0.05) is 18.0 Å². The summed E-state index contributed by atoms with van der Waals surface area (Å²) in [5.41, 5.74) is 6.05. The Bertz CT molecular complexity index is 1630. The Balaban J connectivity index is 1.19. The molecule has 50 heavy (non-hydrogen) atoms. The van der Waals surface area contributed by atoms with Gasteiger partial charge in [-0.25, -0.2) is 9.59 Å². The number of carbonyl (C=O) groups excluding carboxylic acids is 2. The lowest BCUT2D eigenvalue weighted by Gasteiger charge is -2.20. The fraction of sp³-hybridized carbons (Fsp3) is 0.463. The summed E-state index contributed by atoms with van der Waals surface area (Å²) in [5.74, 6) is 0.578. The Kier molecular flexibility index (Phi) is 13.1. The van der Waals surface area contributed by atoms with E-state index >= 15 is 0 Å². The number of hydrogen-bond acceptors (Lipinski definition) is 7. The van der Waals surface area contributed by atoms with Crippen molar-refractivity contribution in [3.05, 3.63) is 95.4 Å². The number of unbranched alkanes of at least 4 members (excludes halogenated alkanes) is 7. The first-order valence-corrected chi connectivity index (χ1v) is 18.2. The van der Waals surface area contributed by atoms with Crippen LogP contribution >= 0.6 is 0 Å². The molecule has 0 fully saturated rings. The number of fused-ring (bicyclic) bond motifs is 3. The zero-order valence-electron chi connectivity index (χ0n) is 30.0. The number of nitrogens with one attached hydrogen (secondary N) is 2. The standard InChI is InChI=1S/C41H52N4O5/c1-5-6-7-8-9-10-11-12-17-29-22-24-30(25-23-29)37-44-38(50-45-37)36(26-27-42-39(46)49-41(2,3)4)43-40(47)48-28-35-33-20-15-13-18-31(33)32-19-14-16-21-34(32)35/h13-16,18-25,35-36H,5-12,17,26-28H2,1-4H3,(H,42,46)(H,43,47)/t36-/m0/s1. The number of hydrogen-bond donors (Lipinski definition) is 2. The van der Waals surface area contributed by atoms with E-state index in [1.807, 2.05) is 36.4 Å². The molecule has 4 aromatic rings. The molecule has 1 atom stereocenters. The van der Waals surface area contributed by atoms with Gasteiger partial charge in [-0.05, 0) is 67.9 Å². The maximum Gasteiger partial charge on any atom is 0.407 e. The average molecular weight is 681 g/mol. The number of aryl methyl sites for hydroxylation is 1. The maximum absolute atomic E-state index is 13.3. The normalized spacial score (nSPS) is 13.0. The molecule has 1 aromatic heterocycles. The molecular formula is C41H52N4O5. The van der Waals surface area contributed by atoms with Crippen molar-refractivity contribution < 1.29 is 23.6 Å². The first-order chi connectivity index (χ1) is 24.2. The van der Waals surface area contributed by atoms with Gasteiger partial charge in [0.15, 0.2) is 0 Å². The van der Waals surface area contributed by atoms with Gasteiger partial charge in [-0.1, -0.05) is 130 Å². The number of ether oxygens (including phenoxy) is 2. The first-order valence-electron chi connectivity index (χ1n) is 18.2. The van der Waals surface area contributed by atoms with Crippen LogP contribution in [0.15, 0.2) is 77.3 Å². The largest absolute Gasteiger partial charge is 0.449 e. The average Bonchev–Trinajstić information content (AvgIpc) is 3.71. The summed E-state index contributed by atoms with van der Waals surface area (Å²) in [5, 5.41) is 9.87. The van der Waals surface area contributed by atoms with Gasteiger partial charge in [0.25, 0.3) is 0 Å². The van der Waals surface area contributed by atoms with Crippen molar-refractivity contribution >= 4 is 12.2 Å². The Morgan fingerprint density at radius 3 is 2.08 bits per heavy atom. The van der Waals surface area contributed by atoms with Gasteiger partial charge in [0.1, 0.15) is 18.2 Å². The number of rotatable bonds is 17. The van der Waals surface area contributed by atoms with Crippen molar-refractivity contribution in [2.45, 2.75) is 109 Å². The second kappa shape index (κ2) is 17.8. The lowest BCUT2D eigenvalue weighted by molar-refractivity contribution is 0.0525. The van der Waals surface area contributed by atoms with Crippen LogP contribution in [-0.4, -0.2) is 41.1 Å². The number of alkyl carbamates (subject to hydrolysis) is 2. The highest BCUT2D eigenvalue weighted by molar-refractivity contribution is 5.79. The fourth-order valence-corrected chi connectivity index (χ4v) is 6.45. The van der Waals surface area contributed by atoms with Gasteiger partial charge >= 0.3 is 12.2 Å². The van der Waals surface area contributed by atoms with E-state index in [1.165, 1.54) is 56.9 Å². The predicted octanol–water partition coefficient (Wildman–Crippen LogP) is 9.91. The van der Waals surface area contributed by atoms with Crippen LogP contribution in [0.1, 0.15) is 120 Å². The van der Waals surface area contributed by atoms with E-state index in [2.05, 4.69) is 64.1 Å². The van der Waals surface area contributed by atoms with Crippen molar-refractivity contribution in [3.63, 3.8) is 0 Å². The van der Waals surface area contributed by atoms with Crippen molar-refractivity contribution in [2.24, 2.45) is 0 Å². The number of nitrogens with zero attached hydrogens (tertiary/aromatic N) is 2. The fourth-order valence-electron chi connectivity index (χ4n) is 6.45. The molecule has 1 aliphatic rings. The second-order valence-corrected chi connectivity index (χ2v) is 14.1. The molecule has 266 valence electrons. The van der Waals surface area contributed by atoms with Gasteiger partial charge in [-0.15, -0.1) is 0 Å². The van der Waals surface area contributed by atoms with Gasteiger partial charge < -0.3 is 24.6 Å². The van der Waals surface area contributed by atoms with E-state index < -0.39 is 23.8 Å². The van der Waals surface area contributed by atoms with Crippen LogP contribution in [-0.2, 0) is 15.9 Å². The maximum atomic E-state index is 13.3. The Morgan fingerprint density at radius 1 is 0.820 bits per heavy atom. The van der Waals surface area contributed by atoms with E-state index in [0.717, 1.165) is 34.2 Å². The SMILES string of the molecule is CCCCCCCCCCc1ccc(-c2noc([C@H](CCNC(=O)OC(C)(C)C)NC(=O)OCC3c4ccccc4-c4ccccc43)n2)cc1. The molecule has 0 spiro atoms. The molecule has 0 saturated heterocycles. The molecular weight excluding hydrogens is 628 g/mol. The molecule has 0 aliphatic heterocycles. The number of aromatic nitrogens is 2. The topological polar surface area (TPSA) is 116 Å². The third-order valence-corrected chi connectivity index (χ3v) is 9.01. The third-order valence-electron chi connectivity index (χ3n) is 9.01. The summed E-state index contributed by atoms with van der Waals surface area (Å²) in [4.78, 5) is 30.2. The molecule has 9 nitrogen and oxygen atoms in total. The van der Waals surface area contributed by atoms with Gasteiger partial charge in [0.05, 0.1) is 0 Å². The first kappa shape index (κ1) is 36.6. The van der Waals surface area contributed by atoms with Crippen LogP contribution in [0.25, 0.3) is 22.5 Å². The number of amides is 2. The van der Waals surface area contributed by atoms with E-state index in [-0.39, 0.29) is 31.4 Å². The molecule has 3 aromatic carbocycles. The predicted molar refractivity (Wildman–Crippen MR) is 196 cm³/mol. The number of benzene rings is 3. The minimum Gasteiger partial charge on any atom is -0.449 e. The minimum atomic E-state index is -0.705. The van der Waals surface area contributed by atoms with Crippen molar-refractivity contribution in [1.82, 2.24) is 20.8 Å². The molecule has 9 heteroatoms. The molecule has 0 bridgehead atoms. The highest BCUT2D eigenvalue weighted by Crippen LogP contribution is 2.44. The second-order valence-electron chi connectivity index (χ2n) is 14.1. The Morgan fingerprint density at radius 2 is 1.44 bits per heavy atom. The molecule has 1 aliphatic carbocycles. The van der Waals surface area contributed by atoms with Crippen molar-refractivity contribution in [3.8, 4) is 22.5 Å². The van der Waals surface area contributed by atoms with Gasteiger partial charge in [0.2, 0.25) is 11.7 Å². The Labute approximate surface area is 296 Å². The molecule has 1 heterocycles. The van der Waals surface area contributed by atoms with Crippen molar-refractivity contribution in [1.29, 1.82) is 0 Å². The van der Waals surface area contributed by atoms with Crippen LogP contribution in [0, 0.1) is 0 Å². The lowest BCUT2D eigenvalue weighted by atomic mass is 9.98. The lowest BCUT2D eigenvalue weighted by Crippen LogP contribution is -2.36. The minimum absolute atomic E-state index is 0.0750. The third kappa shape index (κ3) is 10.4. The summed E-state index contributed by atoms with van der Waals surface area (Å²) in [6.07, 6.45) is 10.6.